The van der Waals surface area contributed by atoms with Gasteiger partial charge in [-0.25, -0.2) is 4.98 Å². The van der Waals surface area contributed by atoms with Crippen LogP contribution in [0, 0.1) is 0 Å². The molecule has 0 radical (unpaired) electrons. The lowest BCUT2D eigenvalue weighted by atomic mass is 10.1. The van der Waals surface area contributed by atoms with Crippen molar-refractivity contribution in [1.29, 1.82) is 0 Å². The summed E-state index contributed by atoms with van der Waals surface area (Å²) >= 11 is 1.47. The fourth-order valence-corrected chi connectivity index (χ4v) is 2.77. The van der Waals surface area contributed by atoms with Gasteiger partial charge in [0.2, 0.25) is 0 Å². The van der Waals surface area contributed by atoms with Crippen molar-refractivity contribution < 1.29 is 0 Å². The van der Waals surface area contributed by atoms with Gasteiger partial charge in [-0.15, -0.1) is 11.8 Å². The van der Waals surface area contributed by atoms with Crippen molar-refractivity contribution in [2.75, 3.05) is 6.26 Å². The zero-order chi connectivity index (χ0) is 14.4. The standard InChI is InChI=1S/C15H22N2OS/c1-6-9-11(4)13(8-3)17-10-16-12(7-2)14(19-5)15(17)18/h8-10H,6-7H2,1-5H3/b11-9-,13-8+. The Morgan fingerprint density at radius 2 is 2.16 bits per heavy atom. The first kappa shape index (κ1) is 15.8. The Morgan fingerprint density at radius 1 is 1.47 bits per heavy atom. The normalized spacial score (nSPS) is 12.9. The van der Waals surface area contributed by atoms with E-state index in [9.17, 15) is 4.79 Å². The van der Waals surface area contributed by atoms with Crippen molar-refractivity contribution in [3.8, 4) is 0 Å². The molecule has 1 rings (SSSR count). The second-order valence-corrected chi connectivity index (χ2v) is 5.04. The molecule has 0 unspecified atom stereocenters. The lowest BCUT2D eigenvalue weighted by Gasteiger charge is -2.13. The number of allylic oxidation sites excluding steroid dienone is 4. The molecule has 1 aromatic heterocycles. The van der Waals surface area contributed by atoms with Gasteiger partial charge in [-0.1, -0.05) is 26.0 Å². The van der Waals surface area contributed by atoms with Gasteiger partial charge in [-0.05, 0) is 38.5 Å². The zero-order valence-electron chi connectivity index (χ0n) is 12.4. The summed E-state index contributed by atoms with van der Waals surface area (Å²) in [4.78, 5) is 17.7. The number of hydrogen-bond donors (Lipinski definition) is 0. The molecule has 0 N–H and O–H groups in total. The highest BCUT2D eigenvalue weighted by Crippen LogP contribution is 2.18. The van der Waals surface area contributed by atoms with Crippen LogP contribution in [0.5, 0.6) is 0 Å². The van der Waals surface area contributed by atoms with E-state index in [-0.39, 0.29) is 5.56 Å². The molecule has 0 bridgehead atoms. The second-order valence-electron chi connectivity index (χ2n) is 4.22. The van der Waals surface area contributed by atoms with Crippen LogP contribution in [-0.2, 0) is 6.42 Å². The maximum Gasteiger partial charge on any atom is 0.271 e. The molecule has 0 aromatic carbocycles. The van der Waals surface area contributed by atoms with E-state index in [1.165, 1.54) is 11.8 Å². The highest BCUT2D eigenvalue weighted by atomic mass is 32.2. The second kappa shape index (κ2) is 7.34. The summed E-state index contributed by atoms with van der Waals surface area (Å²) in [7, 11) is 0. The minimum absolute atomic E-state index is 0.0244. The van der Waals surface area contributed by atoms with Crippen molar-refractivity contribution >= 4 is 17.5 Å². The van der Waals surface area contributed by atoms with Crippen LogP contribution in [0.3, 0.4) is 0 Å². The van der Waals surface area contributed by atoms with Gasteiger partial charge in [0.15, 0.2) is 0 Å². The van der Waals surface area contributed by atoms with Crippen LogP contribution in [0.15, 0.2) is 33.7 Å². The van der Waals surface area contributed by atoms with Crippen LogP contribution in [0.25, 0.3) is 5.70 Å². The summed E-state index contributed by atoms with van der Waals surface area (Å²) in [6.07, 6.45) is 9.37. The predicted octanol–water partition coefficient (Wildman–Crippen LogP) is 3.74. The first-order chi connectivity index (χ1) is 9.10. The SMILES string of the molecule is C/C=C(\C(C)=C/CC)n1cnc(CC)c(SC)c1=O. The molecule has 0 aliphatic rings. The van der Waals surface area contributed by atoms with Gasteiger partial charge in [-0.2, -0.15) is 0 Å². The number of thioether (sulfide) groups is 1. The van der Waals surface area contributed by atoms with Crippen LogP contribution >= 0.6 is 11.8 Å². The van der Waals surface area contributed by atoms with Crippen LogP contribution in [0.1, 0.15) is 39.8 Å². The summed E-state index contributed by atoms with van der Waals surface area (Å²) < 4.78 is 1.65. The maximum atomic E-state index is 12.5. The lowest BCUT2D eigenvalue weighted by Crippen LogP contribution is -2.23. The molecule has 0 spiro atoms. The molecular formula is C15H22N2OS. The van der Waals surface area contributed by atoms with Crippen LogP contribution < -0.4 is 5.56 Å². The van der Waals surface area contributed by atoms with Crippen LogP contribution in [0.2, 0.25) is 0 Å². The highest BCUT2D eigenvalue weighted by Gasteiger charge is 2.12. The molecule has 0 aliphatic heterocycles. The molecule has 0 saturated carbocycles. The van der Waals surface area contributed by atoms with Gasteiger partial charge < -0.3 is 0 Å². The Labute approximate surface area is 119 Å². The van der Waals surface area contributed by atoms with E-state index in [0.29, 0.717) is 0 Å². The molecule has 3 nitrogen and oxygen atoms in total. The Morgan fingerprint density at radius 3 is 2.63 bits per heavy atom. The van der Waals surface area contributed by atoms with Crippen molar-refractivity contribution in [2.45, 2.75) is 45.4 Å². The van der Waals surface area contributed by atoms with Gasteiger partial charge >= 0.3 is 0 Å². The molecule has 4 heteroatoms. The topological polar surface area (TPSA) is 34.9 Å². The lowest BCUT2D eigenvalue weighted by molar-refractivity contribution is 0.844. The van der Waals surface area contributed by atoms with E-state index in [1.807, 2.05) is 33.1 Å². The van der Waals surface area contributed by atoms with Crippen LogP contribution in [-0.4, -0.2) is 15.8 Å². The third-order valence-electron chi connectivity index (χ3n) is 2.99. The number of aromatic nitrogens is 2. The molecule has 1 aromatic rings. The van der Waals surface area contributed by atoms with Gasteiger partial charge in [0.1, 0.15) is 6.33 Å². The summed E-state index contributed by atoms with van der Waals surface area (Å²) in [6.45, 7) is 8.08. The minimum atomic E-state index is 0.0244. The highest BCUT2D eigenvalue weighted by molar-refractivity contribution is 7.98. The Balaban J connectivity index is 3.44. The fourth-order valence-electron chi connectivity index (χ4n) is 2.07. The van der Waals surface area contributed by atoms with Crippen molar-refractivity contribution in [2.24, 2.45) is 0 Å². The first-order valence-electron chi connectivity index (χ1n) is 6.58. The molecule has 0 atom stereocenters. The van der Waals surface area contributed by atoms with Gasteiger partial charge in [-0.3, -0.25) is 9.36 Å². The smallest absolute Gasteiger partial charge is 0.268 e. The third-order valence-corrected chi connectivity index (χ3v) is 3.81. The largest absolute Gasteiger partial charge is 0.271 e. The van der Waals surface area contributed by atoms with Gasteiger partial charge in [0, 0.05) is 5.70 Å². The van der Waals surface area contributed by atoms with Gasteiger partial charge in [0.25, 0.3) is 5.56 Å². The van der Waals surface area contributed by atoms with Crippen molar-refractivity contribution in [3.63, 3.8) is 0 Å². The zero-order valence-corrected chi connectivity index (χ0v) is 13.2. The first-order valence-corrected chi connectivity index (χ1v) is 7.81. The average molecular weight is 278 g/mol. The summed E-state index contributed by atoms with van der Waals surface area (Å²) in [6, 6.07) is 0. The van der Waals surface area contributed by atoms with Gasteiger partial charge in [0.05, 0.1) is 10.6 Å². The fraction of sp³-hybridized carbons (Fsp3) is 0.467. The average Bonchev–Trinajstić information content (AvgIpc) is 2.41. The third kappa shape index (κ3) is 3.38. The van der Waals surface area contributed by atoms with E-state index in [4.69, 9.17) is 0 Å². The van der Waals surface area contributed by atoms with E-state index in [0.717, 1.165) is 34.7 Å². The van der Waals surface area contributed by atoms with E-state index >= 15 is 0 Å². The quantitative estimate of drug-likeness (QED) is 0.608. The molecule has 1 heterocycles. The summed E-state index contributed by atoms with van der Waals surface area (Å²) in [5, 5.41) is 0. The Bertz CT molecular complexity index is 556. The Hall–Kier alpha value is -1.29. The Kier molecular flexibility index (Phi) is 6.09. The predicted molar refractivity (Wildman–Crippen MR) is 83.7 cm³/mol. The molecule has 0 amide bonds. The molecule has 0 saturated heterocycles. The minimum Gasteiger partial charge on any atom is -0.268 e. The summed E-state index contributed by atoms with van der Waals surface area (Å²) in [5.41, 5.74) is 2.92. The number of aryl methyl sites for hydroxylation is 1. The summed E-state index contributed by atoms with van der Waals surface area (Å²) in [5.74, 6) is 0. The maximum absolute atomic E-state index is 12.5. The van der Waals surface area contributed by atoms with Crippen LogP contribution in [0.4, 0.5) is 0 Å². The molecule has 19 heavy (non-hydrogen) atoms. The van der Waals surface area contributed by atoms with E-state index < -0.39 is 0 Å². The number of rotatable bonds is 5. The van der Waals surface area contributed by atoms with Crippen molar-refractivity contribution in [3.05, 3.63) is 40.1 Å². The molecular weight excluding hydrogens is 256 g/mol. The molecule has 0 fully saturated rings. The van der Waals surface area contributed by atoms with E-state index in [2.05, 4.69) is 18.0 Å². The number of hydrogen-bond acceptors (Lipinski definition) is 3. The monoisotopic (exact) mass is 278 g/mol. The molecule has 104 valence electrons. The molecule has 0 aliphatic carbocycles. The van der Waals surface area contributed by atoms with E-state index in [1.54, 1.807) is 10.9 Å². The number of nitrogens with zero attached hydrogens (tertiary/aromatic N) is 2. The van der Waals surface area contributed by atoms with Crippen molar-refractivity contribution in [1.82, 2.24) is 9.55 Å².